The van der Waals surface area contributed by atoms with E-state index in [0.717, 1.165) is 19.3 Å². The van der Waals surface area contributed by atoms with Crippen molar-refractivity contribution in [1.82, 2.24) is 15.5 Å². The number of carbonyl (C=O) groups excluding carboxylic acids is 1. The molecule has 3 rings (SSSR count). The molecule has 0 spiro atoms. The van der Waals surface area contributed by atoms with Crippen LogP contribution in [-0.2, 0) is 0 Å². The summed E-state index contributed by atoms with van der Waals surface area (Å²) >= 11 is 0. The van der Waals surface area contributed by atoms with Gasteiger partial charge in [-0.25, -0.2) is 4.79 Å². The molecule has 3 aliphatic rings. The third-order valence-electron chi connectivity index (χ3n) is 6.02. The molecule has 1 saturated carbocycles. The van der Waals surface area contributed by atoms with Gasteiger partial charge < -0.3 is 15.5 Å². The molecule has 0 aromatic carbocycles. The average Bonchev–Trinajstić information content (AvgIpc) is 3.02. The van der Waals surface area contributed by atoms with Gasteiger partial charge in [-0.05, 0) is 25.2 Å². The molecule has 4 nitrogen and oxygen atoms in total. The quantitative estimate of drug-likeness (QED) is 0.839. The third-order valence-corrected chi connectivity index (χ3v) is 6.02. The second kappa shape index (κ2) is 5.28. The van der Waals surface area contributed by atoms with Gasteiger partial charge in [-0.15, -0.1) is 0 Å². The Labute approximate surface area is 128 Å². The van der Waals surface area contributed by atoms with Crippen LogP contribution in [0, 0.1) is 16.7 Å². The SMILES string of the molecule is CCC1CCN(C(=O)NC[C@@]23CNC[C@]2(C(F)(F)F)C3)CC1. The van der Waals surface area contributed by atoms with Gasteiger partial charge in [-0.2, -0.15) is 13.2 Å². The van der Waals surface area contributed by atoms with Gasteiger partial charge in [0.2, 0.25) is 0 Å². The van der Waals surface area contributed by atoms with E-state index in [1.165, 1.54) is 0 Å². The zero-order chi connectivity index (χ0) is 16.0. The maximum atomic E-state index is 13.2. The summed E-state index contributed by atoms with van der Waals surface area (Å²) in [6.45, 7) is 4.00. The second-order valence-electron chi connectivity index (χ2n) is 7.14. The number of nitrogens with zero attached hydrogens (tertiary/aromatic N) is 1. The van der Waals surface area contributed by atoms with Crippen LogP contribution in [0.4, 0.5) is 18.0 Å². The van der Waals surface area contributed by atoms with Crippen LogP contribution in [0.15, 0.2) is 0 Å². The molecule has 0 bridgehead atoms. The first-order valence-corrected chi connectivity index (χ1v) is 8.14. The number of carbonyl (C=O) groups is 1. The highest BCUT2D eigenvalue weighted by atomic mass is 19.4. The number of piperidine rings is 2. The Morgan fingerprint density at radius 2 is 2.00 bits per heavy atom. The van der Waals surface area contributed by atoms with Crippen molar-refractivity contribution in [2.45, 2.75) is 38.8 Å². The van der Waals surface area contributed by atoms with Crippen LogP contribution in [0.25, 0.3) is 0 Å². The van der Waals surface area contributed by atoms with E-state index in [0.29, 0.717) is 25.6 Å². The van der Waals surface area contributed by atoms with Gasteiger partial charge >= 0.3 is 12.2 Å². The Hall–Kier alpha value is -0.980. The lowest BCUT2D eigenvalue weighted by atomic mass is 9.94. The van der Waals surface area contributed by atoms with Crippen LogP contribution >= 0.6 is 0 Å². The molecular formula is C15H24F3N3O. The van der Waals surface area contributed by atoms with Crippen LogP contribution in [-0.4, -0.2) is 49.8 Å². The van der Waals surface area contributed by atoms with Crippen LogP contribution in [0.2, 0.25) is 0 Å². The Bertz CT molecular complexity index is 448. The number of amides is 2. The minimum absolute atomic E-state index is 0.0196. The molecule has 7 heteroatoms. The molecule has 0 aromatic heterocycles. The van der Waals surface area contributed by atoms with Gasteiger partial charge in [-0.1, -0.05) is 13.3 Å². The van der Waals surface area contributed by atoms with Gasteiger partial charge in [0.05, 0.1) is 5.41 Å². The molecule has 2 atom stereocenters. The summed E-state index contributed by atoms with van der Waals surface area (Å²) in [6, 6.07) is -0.209. The summed E-state index contributed by atoms with van der Waals surface area (Å²) in [5.74, 6) is 0.669. The molecular weight excluding hydrogens is 295 g/mol. The monoisotopic (exact) mass is 319 g/mol. The van der Waals surface area contributed by atoms with Gasteiger partial charge in [0, 0.05) is 38.1 Å². The van der Waals surface area contributed by atoms with Crippen molar-refractivity contribution < 1.29 is 18.0 Å². The van der Waals surface area contributed by atoms with Crippen molar-refractivity contribution in [3.05, 3.63) is 0 Å². The summed E-state index contributed by atoms with van der Waals surface area (Å²) in [4.78, 5) is 13.9. The summed E-state index contributed by atoms with van der Waals surface area (Å²) < 4.78 is 39.7. The number of alkyl halides is 3. The highest BCUT2D eigenvalue weighted by Gasteiger charge is 2.81. The van der Waals surface area contributed by atoms with E-state index in [2.05, 4.69) is 17.6 Å². The van der Waals surface area contributed by atoms with Crippen molar-refractivity contribution in [2.75, 3.05) is 32.7 Å². The number of hydrogen-bond donors (Lipinski definition) is 2. The normalized spacial score (nSPS) is 35.4. The Morgan fingerprint density at radius 1 is 1.32 bits per heavy atom. The third kappa shape index (κ3) is 2.37. The van der Waals surface area contributed by atoms with E-state index in [1.54, 1.807) is 4.90 Å². The predicted octanol–water partition coefficient (Wildman–Crippen LogP) is 2.36. The lowest BCUT2D eigenvalue weighted by molar-refractivity contribution is -0.190. The summed E-state index contributed by atoms with van der Waals surface area (Å²) in [7, 11) is 0. The largest absolute Gasteiger partial charge is 0.396 e. The molecule has 2 aliphatic heterocycles. The molecule has 3 fully saturated rings. The molecule has 126 valence electrons. The first-order chi connectivity index (χ1) is 10.3. The number of likely N-dealkylation sites (tertiary alicyclic amines) is 1. The van der Waals surface area contributed by atoms with Crippen LogP contribution < -0.4 is 10.6 Å². The molecule has 2 amide bonds. The number of fused-ring (bicyclic) bond motifs is 1. The topological polar surface area (TPSA) is 44.4 Å². The number of halogens is 3. The Morgan fingerprint density at radius 3 is 2.55 bits per heavy atom. The van der Waals surface area contributed by atoms with E-state index in [1.807, 2.05) is 0 Å². The summed E-state index contributed by atoms with van der Waals surface area (Å²) in [5.41, 5.74) is -2.45. The lowest BCUT2D eigenvalue weighted by Crippen LogP contribution is -2.47. The van der Waals surface area contributed by atoms with Crippen molar-refractivity contribution in [1.29, 1.82) is 0 Å². The molecule has 2 N–H and O–H groups in total. The fourth-order valence-corrected chi connectivity index (χ4v) is 4.23. The highest BCUT2D eigenvalue weighted by molar-refractivity contribution is 5.74. The molecule has 22 heavy (non-hydrogen) atoms. The summed E-state index contributed by atoms with van der Waals surface area (Å²) in [5, 5.41) is 5.59. The molecule has 0 aromatic rings. The highest BCUT2D eigenvalue weighted by Crippen LogP contribution is 2.72. The van der Waals surface area contributed by atoms with Crippen LogP contribution in [0.5, 0.6) is 0 Å². The second-order valence-corrected chi connectivity index (χ2v) is 7.14. The first kappa shape index (κ1) is 15.9. The number of urea groups is 1. The molecule has 0 radical (unpaired) electrons. The summed E-state index contributed by atoms with van der Waals surface area (Å²) in [6.07, 6.45) is -0.958. The molecule has 2 saturated heterocycles. The minimum atomic E-state index is -4.19. The lowest BCUT2D eigenvalue weighted by Gasteiger charge is -2.32. The predicted molar refractivity (Wildman–Crippen MR) is 76.4 cm³/mol. The first-order valence-electron chi connectivity index (χ1n) is 8.14. The smallest absolute Gasteiger partial charge is 0.337 e. The fraction of sp³-hybridized carbons (Fsp3) is 0.933. The van der Waals surface area contributed by atoms with Crippen LogP contribution in [0.1, 0.15) is 32.6 Å². The van der Waals surface area contributed by atoms with Crippen molar-refractivity contribution >= 4 is 6.03 Å². The average molecular weight is 319 g/mol. The number of nitrogens with one attached hydrogen (secondary N) is 2. The van der Waals surface area contributed by atoms with Gasteiger partial charge in [0.15, 0.2) is 0 Å². The maximum Gasteiger partial charge on any atom is 0.396 e. The van der Waals surface area contributed by atoms with E-state index in [9.17, 15) is 18.0 Å². The molecule has 0 unspecified atom stereocenters. The zero-order valence-electron chi connectivity index (χ0n) is 12.9. The fourth-order valence-electron chi connectivity index (χ4n) is 4.23. The number of hydrogen-bond acceptors (Lipinski definition) is 2. The van der Waals surface area contributed by atoms with Gasteiger partial charge in [-0.3, -0.25) is 0 Å². The van der Waals surface area contributed by atoms with E-state index < -0.39 is 17.0 Å². The van der Waals surface area contributed by atoms with Crippen molar-refractivity contribution in [3.63, 3.8) is 0 Å². The Balaban J connectivity index is 1.52. The van der Waals surface area contributed by atoms with E-state index in [4.69, 9.17) is 0 Å². The van der Waals surface area contributed by atoms with E-state index in [-0.39, 0.29) is 25.5 Å². The molecule has 1 aliphatic carbocycles. The number of rotatable bonds is 3. The Kier molecular flexibility index (Phi) is 3.82. The van der Waals surface area contributed by atoms with Crippen molar-refractivity contribution in [3.8, 4) is 0 Å². The van der Waals surface area contributed by atoms with E-state index >= 15 is 0 Å². The minimum Gasteiger partial charge on any atom is -0.337 e. The van der Waals surface area contributed by atoms with Crippen molar-refractivity contribution in [2.24, 2.45) is 16.7 Å². The zero-order valence-corrected chi connectivity index (χ0v) is 12.9. The van der Waals surface area contributed by atoms with Gasteiger partial charge in [0.25, 0.3) is 0 Å². The van der Waals surface area contributed by atoms with Gasteiger partial charge in [0.1, 0.15) is 0 Å². The standard InChI is InChI=1S/C15H24F3N3O/c1-2-11-3-5-21(6-4-11)12(22)20-9-13-7-14(13,10-19-8-13)15(16,17)18/h11,19H,2-10H2,1H3,(H,20,22)/t13-,14-/m1/s1. The maximum absolute atomic E-state index is 13.2. The van der Waals surface area contributed by atoms with Crippen LogP contribution in [0.3, 0.4) is 0 Å². The molecule has 2 heterocycles.